The molecular weight excluding hydrogens is 369 g/mol. The van der Waals surface area contributed by atoms with Crippen LogP contribution in [0.2, 0.25) is 0 Å². The number of hydrogen-bond acceptors (Lipinski definition) is 4. The first kappa shape index (κ1) is 18.7. The fourth-order valence-corrected chi connectivity index (χ4v) is 4.76. The Balaban J connectivity index is 1.43. The molecule has 2 aliphatic heterocycles. The monoisotopic (exact) mass is 395 g/mol. The number of hydrogen-bond donors (Lipinski definition) is 0. The molecule has 6 heteroatoms. The molecule has 2 saturated heterocycles. The number of likely N-dealkylation sites (tertiary alicyclic amines) is 1. The zero-order chi connectivity index (χ0) is 19.8. The normalized spacial score (nSPS) is 27.7. The molecule has 3 fully saturated rings. The molecule has 2 atom stereocenters. The quantitative estimate of drug-likeness (QED) is 0.781. The first-order valence-electron chi connectivity index (χ1n) is 10.4. The molecule has 152 valence electrons. The number of halogens is 1. The van der Waals surface area contributed by atoms with Crippen molar-refractivity contribution in [3.8, 4) is 0 Å². The lowest BCUT2D eigenvalue weighted by molar-refractivity contribution is -0.172. The van der Waals surface area contributed by atoms with E-state index in [9.17, 15) is 9.18 Å². The van der Waals surface area contributed by atoms with Gasteiger partial charge in [-0.2, -0.15) is 0 Å². The zero-order valence-corrected chi connectivity index (χ0v) is 16.5. The van der Waals surface area contributed by atoms with Gasteiger partial charge in [0.25, 0.3) is 5.91 Å². The van der Waals surface area contributed by atoms with Gasteiger partial charge in [-0.15, -0.1) is 0 Å². The Bertz CT molecular complexity index is 871. The molecule has 0 bridgehead atoms. The first-order chi connectivity index (χ1) is 14.1. The summed E-state index contributed by atoms with van der Waals surface area (Å²) in [4.78, 5) is 22.2. The van der Waals surface area contributed by atoms with Crippen LogP contribution >= 0.6 is 0 Å². The topological polar surface area (TPSA) is 45.7 Å². The van der Waals surface area contributed by atoms with Crippen LogP contribution in [0.15, 0.2) is 48.8 Å². The van der Waals surface area contributed by atoms with E-state index in [0.717, 1.165) is 17.7 Å². The van der Waals surface area contributed by atoms with Gasteiger partial charge in [0.15, 0.2) is 5.60 Å². The summed E-state index contributed by atoms with van der Waals surface area (Å²) in [6, 6.07) is 10.5. The molecule has 0 N–H and O–H groups in total. The van der Waals surface area contributed by atoms with Gasteiger partial charge in [-0.05, 0) is 48.1 Å². The molecule has 1 spiro atoms. The van der Waals surface area contributed by atoms with E-state index in [-0.39, 0.29) is 17.6 Å². The number of aromatic nitrogens is 1. The molecule has 1 amide bonds. The highest BCUT2D eigenvalue weighted by Gasteiger charge is 2.57. The Morgan fingerprint density at radius 3 is 2.76 bits per heavy atom. The van der Waals surface area contributed by atoms with E-state index >= 15 is 0 Å². The van der Waals surface area contributed by atoms with E-state index in [0.29, 0.717) is 38.7 Å². The minimum absolute atomic E-state index is 0.0637. The number of carbonyl (C=O) groups is 1. The van der Waals surface area contributed by atoms with E-state index < -0.39 is 5.60 Å². The van der Waals surface area contributed by atoms with Crippen LogP contribution in [0.1, 0.15) is 29.9 Å². The summed E-state index contributed by atoms with van der Waals surface area (Å²) in [5.41, 5.74) is 1.21. The predicted octanol–water partition coefficient (Wildman–Crippen LogP) is 2.83. The van der Waals surface area contributed by atoms with Crippen molar-refractivity contribution < 1.29 is 13.9 Å². The maximum Gasteiger partial charge on any atom is 0.256 e. The number of morpholine rings is 1. The third-order valence-electron chi connectivity index (χ3n) is 6.41. The molecule has 1 aliphatic carbocycles. The molecule has 5 rings (SSSR count). The van der Waals surface area contributed by atoms with E-state index in [2.05, 4.69) is 9.88 Å². The number of ether oxygens (including phenoxy) is 1. The van der Waals surface area contributed by atoms with Crippen LogP contribution in [-0.4, -0.2) is 59.1 Å². The summed E-state index contributed by atoms with van der Waals surface area (Å²) in [6.07, 6.45) is 6.05. The second-order valence-corrected chi connectivity index (χ2v) is 8.57. The van der Waals surface area contributed by atoms with E-state index in [1.54, 1.807) is 6.20 Å². The lowest BCUT2D eigenvalue weighted by atomic mass is 9.83. The molecule has 1 aromatic carbocycles. The van der Waals surface area contributed by atoms with Crippen molar-refractivity contribution in [2.75, 3.05) is 32.8 Å². The molecule has 2 aromatic rings. The molecule has 0 unspecified atom stereocenters. The number of pyridine rings is 1. The molecule has 3 aliphatic rings. The Labute approximate surface area is 170 Å². The molecule has 1 saturated carbocycles. The van der Waals surface area contributed by atoms with Crippen LogP contribution in [0.4, 0.5) is 4.39 Å². The lowest BCUT2D eigenvalue weighted by Crippen LogP contribution is -2.60. The standard InChI is InChI=1S/C23H26FN3O2/c24-20-7-5-17(6-8-20)13-26-15-21(19-2-1-9-25-12-19)23(16-26)22(28)27(10-11-29-23)14-18-3-4-18/h1-2,5-9,12,18,21H,3-4,10-11,13-16H2/t21-,23-/m1/s1. The average molecular weight is 395 g/mol. The highest BCUT2D eigenvalue weighted by Crippen LogP contribution is 2.43. The number of benzene rings is 1. The van der Waals surface area contributed by atoms with Crippen molar-refractivity contribution in [1.82, 2.24) is 14.8 Å². The highest BCUT2D eigenvalue weighted by molar-refractivity contribution is 5.88. The summed E-state index contributed by atoms with van der Waals surface area (Å²) >= 11 is 0. The summed E-state index contributed by atoms with van der Waals surface area (Å²) < 4.78 is 19.6. The van der Waals surface area contributed by atoms with Gasteiger partial charge in [-0.1, -0.05) is 18.2 Å². The van der Waals surface area contributed by atoms with Gasteiger partial charge in [-0.25, -0.2) is 4.39 Å². The van der Waals surface area contributed by atoms with Crippen LogP contribution in [0.25, 0.3) is 0 Å². The van der Waals surface area contributed by atoms with Crippen molar-refractivity contribution in [3.63, 3.8) is 0 Å². The molecule has 3 heterocycles. The molecule has 1 aromatic heterocycles. The number of rotatable bonds is 5. The number of carbonyl (C=O) groups excluding carboxylic acids is 1. The lowest BCUT2D eigenvalue weighted by Gasteiger charge is -2.42. The Morgan fingerprint density at radius 1 is 1.21 bits per heavy atom. The fraction of sp³-hybridized carbons (Fsp3) is 0.478. The molecule has 0 radical (unpaired) electrons. The van der Waals surface area contributed by atoms with Crippen LogP contribution in [0.3, 0.4) is 0 Å². The van der Waals surface area contributed by atoms with Gasteiger partial charge < -0.3 is 9.64 Å². The molecule has 29 heavy (non-hydrogen) atoms. The SMILES string of the molecule is O=C1N(CC2CC2)CCO[C@@]12CN(Cc1ccc(F)cc1)C[C@@H]2c1cccnc1. The summed E-state index contributed by atoms with van der Waals surface area (Å²) in [7, 11) is 0. The van der Waals surface area contributed by atoms with E-state index in [4.69, 9.17) is 4.74 Å². The minimum atomic E-state index is -0.865. The van der Waals surface area contributed by atoms with Gasteiger partial charge in [0.1, 0.15) is 5.82 Å². The average Bonchev–Trinajstić information content (AvgIpc) is 3.48. The Morgan fingerprint density at radius 2 is 2.03 bits per heavy atom. The third-order valence-corrected chi connectivity index (χ3v) is 6.41. The van der Waals surface area contributed by atoms with Gasteiger partial charge in [0, 0.05) is 51.0 Å². The van der Waals surface area contributed by atoms with Gasteiger partial charge >= 0.3 is 0 Å². The van der Waals surface area contributed by atoms with E-state index in [1.165, 1.54) is 25.0 Å². The largest absolute Gasteiger partial charge is 0.361 e. The third kappa shape index (κ3) is 3.67. The van der Waals surface area contributed by atoms with Crippen LogP contribution < -0.4 is 0 Å². The Hall–Kier alpha value is -2.31. The van der Waals surface area contributed by atoms with Crippen LogP contribution in [0, 0.1) is 11.7 Å². The van der Waals surface area contributed by atoms with Crippen molar-refractivity contribution in [2.24, 2.45) is 5.92 Å². The molecular formula is C23H26FN3O2. The summed E-state index contributed by atoms with van der Waals surface area (Å²) in [6.45, 7) is 4.02. The predicted molar refractivity (Wildman–Crippen MR) is 107 cm³/mol. The Kier molecular flexibility index (Phi) is 4.84. The zero-order valence-electron chi connectivity index (χ0n) is 16.5. The second kappa shape index (κ2) is 7.50. The van der Waals surface area contributed by atoms with Gasteiger partial charge in [0.2, 0.25) is 0 Å². The first-order valence-corrected chi connectivity index (χ1v) is 10.4. The smallest absolute Gasteiger partial charge is 0.256 e. The van der Waals surface area contributed by atoms with Crippen molar-refractivity contribution >= 4 is 5.91 Å². The van der Waals surface area contributed by atoms with Crippen molar-refractivity contribution in [1.29, 1.82) is 0 Å². The van der Waals surface area contributed by atoms with Gasteiger partial charge in [0.05, 0.1) is 6.61 Å². The molecule has 5 nitrogen and oxygen atoms in total. The van der Waals surface area contributed by atoms with Crippen LogP contribution in [0.5, 0.6) is 0 Å². The second-order valence-electron chi connectivity index (χ2n) is 8.57. The highest BCUT2D eigenvalue weighted by atomic mass is 19.1. The maximum absolute atomic E-state index is 13.6. The summed E-state index contributed by atoms with van der Waals surface area (Å²) in [5.74, 6) is 0.473. The maximum atomic E-state index is 13.6. The fourth-order valence-electron chi connectivity index (χ4n) is 4.76. The number of nitrogens with zero attached hydrogens (tertiary/aromatic N) is 3. The van der Waals surface area contributed by atoms with Crippen LogP contribution in [-0.2, 0) is 16.1 Å². The number of amides is 1. The summed E-state index contributed by atoms with van der Waals surface area (Å²) in [5, 5.41) is 0. The minimum Gasteiger partial charge on any atom is -0.361 e. The van der Waals surface area contributed by atoms with Crippen molar-refractivity contribution in [2.45, 2.75) is 30.9 Å². The van der Waals surface area contributed by atoms with Crippen molar-refractivity contribution in [3.05, 3.63) is 65.7 Å². The van der Waals surface area contributed by atoms with Gasteiger partial charge in [-0.3, -0.25) is 14.7 Å². The van der Waals surface area contributed by atoms with E-state index in [1.807, 2.05) is 35.4 Å².